The molecule has 0 unspecified atom stereocenters. The number of pyridine rings is 1. The molecule has 0 saturated heterocycles. The second-order valence-corrected chi connectivity index (χ2v) is 8.99. The Morgan fingerprint density at radius 3 is 2.23 bits per heavy atom. The van der Waals surface area contributed by atoms with Crippen molar-refractivity contribution in [3.8, 4) is 0 Å². The number of hydrogen-bond donors (Lipinski definition) is 1. The summed E-state index contributed by atoms with van der Waals surface area (Å²) < 4.78 is 27.3. The topological polar surface area (TPSA) is 85.2 Å². The normalized spacial score (nSPS) is 11.3. The zero-order valence-corrected chi connectivity index (χ0v) is 18.0. The molecule has 0 aliphatic heterocycles. The van der Waals surface area contributed by atoms with Gasteiger partial charge in [0.15, 0.2) is 0 Å². The Morgan fingerprint density at radius 1 is 1.00 bits per heavy atom. The van der Waals surface area contributed by atoms with E-state index in [1.54, 1.807) is 50.2 Å². The van der Waals surface area contributed by atoms with Gasteiger partial charge in [0.05, 0.1) is 4.90 Å². The van der Waals surface area contributed by atoms with Crippen LogP contribution < -0.4 is 10.9 Å². The van der Waals surface area contributed by atoms with Gasteiger partial charge in [0, 0.05) is 11.4 Å². The van der Waals surface area contributed by atoms with Crippen molar-refractivity contribution in [3.05, 3.63) is 87.8 Å². The first-order valence-corrected chi connectivity index (χ1v) is 11.1. The van der Waals surface area contributed by atoms with Crippen molar-refractivity contribution in [2.24, 2.45) is 0 Å². The summed E-state index contributed by atoms with van der Waals surface area (Å²) in [5, 5.41) is 2.75. The highest BCUT2D eigenvalue weighted by molar-refractivity contribution is 7.91. The highest BCUT2D eigenvalue weighted by atomic mass is 32.2. The van der Waals surface area contributed by atoms with E-state index in [-0.39, 0.29) is 16.3 Å². The zero-order chi connectivity index (χ0) is 21.9. The Kier molecular flexibility index (Phi) is 6.22. The molecule has 30 heavy (non-hydrogen) atoms. The van der Waals surface area contributed by atoms with E-state index in [1.807, 2.05) is 19.1 Å². The van der Waals surface area contributed by atoms with Gasteiger partial charge < -0.3 is 9.88 Å². The molecule has 0 atom stereocenters. The van der Waals surface area contributed by atoms with Crippen molar-refractivity contribution in [2.45, 2.75) is 43.5 Å². The van der Waals surface area contributed by atoms with E-state index in [0.717, 1.165) is 12.0 Å². The van der Waals surface area contributed by atoms with E-state index in [9.17, 15) is 18.0 Å². The number of carbonyl (C=O) groups is 1. The second-order valence-electron chi connectivity index (χ2n) is 7.10. The highest BCUT2D eigenvalue weighted by Gasteiger charge is 2.26. The van der Waals surface area contributed by atoms with Gasteiger partial charge in [-0.15, -0.1) is 0 Å². The summed E-state index contributed by atoms with van der Waals surface area (Å²) in [4.78, 5) is 25.4. The van der Waals surface area contributed by atoms with E-state index in [4.69, 9.17) is 0 Å². The molecule has 0 saturated carbocycles. The third-order valence-electron chi connectivity index (χ3n) is 4.92. The van der Waals surface area contributed by atoms with E-state index in [0.29, 0.717) is 16.9 Å². The summed E-state index contributed by atoms with van der Waals surface area (Å²) >= 11 is 0. The van der Waals surface area contributed by atoms with E-state index >= 15 is 0 Å². The van der Waals surface area contributed by atoms with Crippen molar-refractivity contribution < 1.29 is 13.2 Å². The number of aromatic nitrogens is 1. The van der Waals surface area contributed by atoms with Crippen LogP contribution in [-0.2, 0) is 27.6 Å². The Hall–Kier alpha value is -3.19. The summed E-state index contributed by atoms with van der Waals surface area (Å²) in [6.07, 6.45) is 0.894. The number of carbonyl (C=O) groups excluding carboxylic acids is 1. The van der Waals surface area contributed by atoms with Crippen LogP contribution in [0.3, 0.4) is 0 Å². The fourth-order valence-electron chi connectivity index (χ4n) is 3.32. The van der Waals surface area contributed by atoms with Crippen molar-refractivity contribution in [3.63, 3.8) is 0 Å². The number of aryl methyl sites for hydroxylation is 3. The lowest BCUT2D eigenvalue weighted by Gasteiger charge is -2.15. The van der Waals surface area contributed by atoms with Crippen LogP contribution in [-0.4, -0.2) is 18.9 Å². The summed E-state index contributed by atoms with van der Waals surface area (Å²) in [6.45, 7) is 5.03. The monoisotopic (exact) mass is 424 g/mol. The molecule has 0 radical (unpaired) electrons. The van der Waals surface area contributed by atoms with Crippen molar-refractivity contribution >= 4 is 21.4 Å². The maximum atomic E-state index is 13.1. The Morgan fingerprint density at radius 2 is 1.63 bits per heavy atom. The molecule has 2 aromatic carbocycles. The van der Waals surface area contributed by atoms with Gasteiger partial charge in [0.25, 0.3) is 5.56 Å². The van der Waals surface area contributed by atoms with Crippen LogP contribution in [0.15, 0.2) is 75.2 Å². The molecule has 0 fully saturated rings. The van der Waals surface area contributed by atoms with Crippen LogP contribution in [0, 0.1) is 13.8 Å². The predicted molar refractivity (Wildman–Crippen MR) is 117 cm³/mol. The molecule has 0 aliphatic carbocycles. The largest absolute Gasteiger partial charge is 0.325 e. The van der Waals surface area contributed by atoms with Gasteiger partial charge in [0.2, 0.25) is 15.7 Å². The van der Waals surface area contributed by atoms with Gasteiger partial charge in [-0.3, -0.25) is 9.59 Å². The Balaban J connectivity index is 1.95. The molecule has 156 valence electrons. The molecule has 0 spiro atoms. The minimum atomic E-state index is -4.01. The number of sulfone groups is 1. The maximum absolute atomic E-state index is 13.1. The summed E-state index contributed by atoms with van der Waals surface area (Å²) in [5.74, 6) is -0.406. The Labute approximate surface area is 176 Å². The number of nitrogens with zero attached hydrogens (tertiary/aromatic N) is 1. The lowest BCUT2D eigenvalue weighted by molar-refractivity contribution is -0.116. The standard InChI is InChI=1S/C23H24N2O4S/c1-4-18-10-12-19(13-11-18)24-21(26)15-25-17(3)14-16(2)22(23(25)27)30(28,29)20-8-6-5-7-9-20/h5-14H,4,15H2,1-3H3,(H,24,26). The quantitative estimate of drug-likeness (QED) is 0.656. The molecule has 1 N–H and O–H groups in total. The average Bonchev–Trinajstić information content (AvgIpc) is 2.72. The van der Waals surface area contributed by atoms with Crippen molar-refractivity contribution in [2.75, 3.05) is 5.32 Å². The fourth-order valence-corrected chi connectivity index (χ4v) is 4.89. The molecule has 0 aliphatic rings. The van der Waals surface area contributed by atoms with Crippen LogP contribution in [0.2, 0.25) is 0 Å². The number of benzene rings is 2. The van der Waals surface area contributed by atoms with Crippen LogP contribution in [0.5, 0.6) is 0 Å². The zero-order valence-electron chi connectivity index (χ0n) is 17.2. The molecular formula is C23H24N2O4S. The van der Waals surface area contributed by atoms with Gasteiger partial charge in [-0.05, 0) is 61.7 Å². The first-order chi connectivity index (χ1) is 14.2. The van der Waals surface area contributed by atoms with E-state index in [1.165, 1.54) is 16.7 Å². The number of rotatable bonds is 6. The molecule has 1 amide bonds. The van der Waals surface area contributed by atoms with Crippen LogP contribution in [0.1, 0.15) is 23.7 Å². The SMILES string of the molecule is CCc1ccc(NC(=O)Cn2c(C)cc(C)c(S(=O)(=O)c3ccccc3)c2=O)cc1. The first-order valence-electron chi connectivity index (χ1n) is 9.64. The molecule has 3 aromatic rings. The van der Waals surface area contributed by atoms with Crippen molar-refractivity contribution in [1.82, 2.24) is 4.57 Å². The van der Waals surface area contributed by atoms with Crippen LogP contribution in [0.4, 0.5) is 5.69 Å². The van der Waals surface area contributed by atoms with Crippen LogP contribution >= 0.6 is 0 Å². The second kappa shape index (κ2) is 8.67. The molecule has 6 nitrogen and oxygen atoms in total. The van der Waals surface area contributed by atoms with Crippen molar-refractivity contribution in [1.29, 1.82) is 0 Å². The summed E-state index contributed by atoms with van der Waals surface area (Å²) in [7, 11) is -4.01. The fraction of sp³-hybridized carbons (Fsp3) is 0.217. The lowest BCUT2D eigenvalue weighted by atomic mass is 10.1. The summed E-state index contributed by atoms with van der Waals surface area (Å²) in [6, 6.07) is 16.9. The third kappa shape index (κ3) is 4.36. The van der Waals surface area contributed by atoms with Gasteiger partial charge in [0.1, 0.15) is 11.4 Å². The number of nitrogens with one attached hydrogen (secondary N) is 1. The van der Waals surface area contributed by atoms with Gasteiger partial charge in [-0.25, -0.2) is 8.42 Å². The predicted octanol–water partition coefficient (Wildman–Crippen LogP) is 3.50. The van der Waals surface area contributed by atoms with Gasteiger partial charge in [-0.1, -0.05) is 37.3 Å². The van der Waals surface area contributed by atoms with Gasteiger partial charge >= 0.3 is 0 Å². The molecular weight excluding hydrogens is 400 g/mol. The minimum Gasteiger partial charge on any atom is -0.325 e. The molecule has 7 heteroatoms. The highest BCUT2D eigenvalue weighted by Crippen LogP contribution is 2.21. The first kappa shape index (κ1) is 21.5. The third-order valence-corrected chi connectivity index (χ3v) is 6.85. The molecule has 1 aromatic heterocycles. The maximum Gasteiger partial charge on any atom is 0.270 e. The number of hydrogen-bond acceptors (Lipinski definition) is 4. The average molecular weight is 425 g/mol. The number of anilines is 1. The van der Waals surface area contributed by atoms with Crippen LogP contribution in [0.25, 0.3) is 0 Å². The van der Waals surface area contributed by atoms with E-state index < -0.39 is 21.3 Å². The smallest absolute Gasteiger partial charge is 0.270 e. The number of amides is 1. The molecule has 1 heterocycles. The lowest BCUT2D eigenvalue weighted by Crippen LogP contribution is -2.33. The molecule has 0 bridgehead atoms. The summed E-state index contributed by atoms with van der Waals surface area (Å²) in [5.41, 5.74) is 1.93. The van der Waals surface area contributed by atoms with Gasteiger partial charge in [-0.2, -0.15) is 0 Å². The molecule has 3 rings (SSSR count). The van der Waals surface area contributed by atoms with E-state index in [2.05, 4.69) is 5.32 Å². The Bertz CT molecular complexity index is 1230. The minimum absolute atomic E-state index is 0.0427.